The summed E-state index contributed by atoms with van der Waals surface area (Å²) in [7, 11) is 0. The Kier molecular flexibility index (Phi) is 7.31. The number of benzene rings is 2. The van der Waals surface area contributed by atoms with Gasteiger partial charge >= 0.3 is 18.1 Å². The molecule has 0 bridgehead atoms. The predicted octanol–water partition coefficient (Wildman–Crippen LogP) is 2.47. The van der Waals surface area contributed by atoms with E-state index in [1.54, 1.807) is 45.6 Å². The van der Waals surface area contributed by atoms with E-state index in [0.29, 0.717) is 37.6 Å². The highest BCUT2D eigenvalue weighted by Crippen LogP contribution is 2.20. The number of anilines is 1. The van der Waals surface area contributed by atoms with Crippen molar-refractivity contribution in [3.8, 4) is 0 Å². The van der Waals surface area contributed by atoms with E-state index in [4.69, 9.17) is 4.74 Å². The van der Waals surface area contributed by atoms with Crippen molar-refractivity contribution in [1.82, 2.24) is 15.8 Å². The number of hydrogen-bond donors (Lipinski definition) is 2. The fourth-order valence-corrected chi connectivity index (χ4v) is 3.05. The molecule has 0 aliphatic carbocycles. The number of halogens is 3. The molecule has 0 radical (unpaired) electrons. The van der Waals surface area contributed by atoms with Gasteiger partial charge in [0, 0.05) is 24.3 Å². The van der Waals surface area contributed by atoms with Gasteiger partial charge < -0.3 is 9.64 Å². The molecule has 2 N–H and O–H groups in total. The van der Waals surface area contributed by atoms with Crippen molar-refractivity contribution < 1.29 is 32.3 Å². The summed E-state index contributed by atoms with van der Waals surface area (Å²) in [6, 6.07) is 14.8. The lowest BCUT2D eigenvalue weighted by atomic mass is 10.1. The van der Waals surface area contributed by atoms with Crippen LogP contribution < -0.4 is 15.8 Å². The number of para-hydroxylation sites is 1. The average molecular weight is 450 g/mol. The van der Waals surface area contributed by atoms with E-state index in [9.17, 15) is 27.6 Å². The third kappa shape index (κ3) is 5.97. The van der Waals surface area contributed by atoms with Gasteiger partial charge in [0.1, 0.15) is 0 Å². The molecule has 0 saturated carbocycles. The molecule has 1 fully saturated rings. The van der Waals surface area contributed by atoms with E-state index in [-0.39, 0.29) is 18.1 Å². The van der Waals surface area contributed by atoms with Gasteiger partial charge in [-0.2, -0.15) is 13.2 Å². The standard InChI is InChI=1S/C21H21F3N4O4/c22-21(23,24)19(30)26-25-18(29)16-6-4-5-15(13-16)14-28(17-7-2-1-3-8-17)20(31)27-9-11-32-12-10-27/h1-8,13H,9-12,14H2,(H,25,29)(H,26,30). The number of hydrazine groups is 1. The van der Waals surface area contributed by atoms with Crippen LogP contribution in [0.1, 0.15) is 15.9 Å². The van der Waals surface area contributed by atoms with Crippen LogP contribution in [0.25, 0.3) is 0 Å². The normalized spacial score (nSPS) is 13.9. The second-order valence-corrected chi connectivity index (χ2v) is 6.91. The van der Waals surface area contributed by atoms with Gasteiger partial charge in [0.25, 0.3) is 5.91 Å². The molecule has 2 aromatic rings. The number of ether oxygens (including phenoxy) is 1. The Morgan fingerprint density at radius 3 is 2.31 bits per heavy atom. The van der Waals surface area contributed by atoms with E-state index >= 15 is 0 Å². The van der Waals surface area contributed by atoms with E-state index in [1.807, 2.05) is 6.07 Å². The number of rotatable bonds is 4. The fraction of sp³-hybridized carbons (Fsp3) is 0.286. The van der Waals surface area contributed by atoms with Gasteiger partial charge in [-0.1, -0.05) is 30.3 Å². The van der Waals surface area contributed by atoms with Crippen molar-refractivity contribution in [1.29, 1.82) is 0 Å². The minimum absolute atomic E-state index is 0.0248. The quantitative estimate of drug-likeness (QED) is 0.701. The van der Waals surface area contributed by atoms with Crippen LogP contribution in [-0.4, -0.2) is 55.2 Å². The molecule has 0 unspecified atom stereocenters. The first kappa shape index (κ1) is 23.1. The van der Waals surface area contributed by atoms with Crippen LogP contribution in [0.2, 0.25) is 0 Å². The van der Waals surface area contributed by atoms with Gasteiger partial charge in [-0.15, -0.1) is 0 Å². The number of nitrogens with one attached hydrogen (secondary N) is 2. The maximum Gasteiger partial charge on any atom is 0.472 e. The Labute approximate surface area is 181 Å². The maximum absolute atomic E-state index is 13.2. The average Bonchev–Trinajstić information content (AvgIpc) is 2.81. The predicted molar refractivity (Wildman–Crippen MR) is 109 cm³/mol. The molecule has 0 spiro atoms. The summed E-state index contributed by atoms with van der Waals surface area (Å²) in [6.07, 6.45) is -5.12. The summed E-state index contributed by atoms with van der Waals surface area (Å²) in [5.74, 6) is -3.21. The lowest BCUT2D eigenvalue weighted by molar-refractivity contribution is -0.174. The number of carbonyl (C=O) groups excluding carboxylic acids is 3. The Hall–Kier alpha value is -3.60. The van der Waals surface area contributed by atoms with Gasteiger partial charge in [0.15, 0.2) is 0 Å². The first-order valence-corrected chi connectivity index (χ1v) is 9.71. The minimum atomic E-state index is -5.12. The van der Waals surface area contributed by atoms with E-state index in [1.165, 1.54) is 23.6 Å². The summed E-state index contributed by atoms with van der Waals surface area (Å²) < 4.78 is 42.2. The number of carbonyl (C=O) groups is 3. The molecule has 4 amide bonds. The third-order valence-corrected chi connectivity index (χ3v) is 4.66. The molecule has 0 atom stereocenters. The van der Waals surface area contributed by atoms with Crippen molar-refractivity contribution in [2.45, 2.75) is 12.7 Å². The molecule has 170 valence electrons. The lowest BCUT2D eigenvalue weighted by Crippen LogP contribution is -2.48. The summed E-state index contributed by atoms with van der Waals surface area (Å²) in [5.41, 5.74) is 4.30. The molecule has 1 aliphatic rings. The smallest absolute Gasteiger partial charge is 0.378 e. The zero-order chi connectivity index (χ0) is 23.1. The number of morpholine rings is 1. The second-order valence-electron chi connectivity index (χ2n) is 6.91. The Morgan fingerprint density at radius 1 is 0.969 bits per heavy atom. The molecule has 2 aromatic carbocycles. The molecule has 0 aromatic heterocycles. The number of urea groups is 1. The molecule has 8 nitrogen and oxygen atoms in total. The maximum atomic E-state index is 13.2. The summed E-state index contributed by atoms with van der Waals surface area (Å²) in [6.45, 7) is 1.89. The SMILES string of the molecule is O=C(NNC(=O)C(F)(F)F)c1cccc(CN(C(=O)N2CCOCC2)c2ccccc2)c1. The Balaban J connectivity index is 1.76. The summed E-state index contributed by atoms with van der Waals surface area (Å²) >= 11 is 0. The molecule has 1 saturated heterocycles. The monoisotopic (exact) mass is 450 g/mol. The van der Waals surface area contributed by atoms with Crippen LogP contribution in [0.3, 0.4) is 0 Å². The van der Waals surface area contributed by atoms with Gasteiger partial charge in [-0.05, 0) is 29.8 Å². The zero-order valence-electron chi connectivity index (χ0n) is 16.9. The molecular formula is C21H21F3N4O4. The van der Waals surface area contributed by atoms with Gasteiger partial charge in [0.2, 0.25) is 0 Å². The Bertz CT molecular complexity index is 963. The number of nitrogens with zero attached hydrogens (tertiary/aromatic N) is 2. The van der Waals surface area contributed by atoms with Crippen molar-refractivity contribution in [3.05, 3.63) is 65.7 Å². The van der Waals surface area contributed by atoms with Gasteiger partial charge in [-0.25, -0.2) is 4.79 Å². The molecule has 1 aliphatic heterocycles. The molecular weight excluding hydrogens is 429 g/mol. The van der Waals surface area contributed by atoms with Crippen LogP contribution >= 0.6 is 0 Å². The largest absolute Gasteiger partial charge is 0.472 e. The minimum Gasteiger partial charge on any atom is -0.378 e. The molecule has 32 heavy (non-hydrogen) atoms. The Morgan fingerprint density at radius 2 is 1.66 bits per heavy atom. The van der Waals surface area contributed by atoms with Crippen LogP contribution in [0.15, 0.2) is 54.6 Å². The highest BCUT2D eigenvalue weighted by Gasteiger charge is 2.39. The molecule has 3 rings (SSSR count). The second kappa shape index (κ2) is 10.1. The number of alkyl halides is 3. The van der Waals surface area contributed by atoms with Crippen molar-refractivity contribution >= 4 is 23.5 Å². The summed E-state index contributed by atoms with van der Waals surface area (Å²) in [4.78, 5) is 39.4. The van der Waals surface area contributed by atoms with Crippen LogP contribution in [0.5, 0.6) is 0 Å². The fourth-order valence-electron chi connectivity index (χ4n) is 3.05. The van der Waals surface area contributed by atoms with Gasteiger partial charge in [-0.3, -0.25) is 25.3 Å². The van der Waals surface area contributed by atoms with Crippen LogP contribution in [0, 0.1) is 0 Å². The van der Waals surface area contributed by atoms with E-state index in [2.05, 4.69) is 0 Å². The lowest BCUT2D eigenvalue weighted by Gasteiger charge is -2.33. The first-order chi connectivity index (χ1) is 15.3. The number of hydrogen-bond acceptors (Lipinski definition) is 4. The van der Waals surface area contributed by atoms with Gasteiger partial charge in [0.05, 0.1) is 19.8 Å². The van der Waals surface area contributed by atoms with Crippen LogP contribution in [-0.2, 0) is 16.1 Å². The molecule has 1 heterocycles. The topological polar surface area (TPSA) is 91.0 Å². The van der Waals surface area contributed by atoms with Crippen molar-refractivity contribution in [2.24, 2.45) is 0 Å². The van der Waals surface area contributed by atoms with Crippen molar-refractivity contribution in [3.63, 3.8) is 0 Å². The number of amides is 4. The third-order valence-electron chi connectivity index (χ3n) is 4.66. The van der Waals surface area contributed by atoms with Crippen LogP contribution in [0.4, 0.5) is 23.7 Å². The first-order valence-electron chi connectivity index (χ1n) is 9.71. The van der Waals surface area contributed by atoms with E-state index < -0.39 is 18.0 Å². The van der Waals surface area contributed by atoms with Crippen molar-refractivity contribution in [2.75, 3.05) is 31.2 Å². The summed E-state index contributed by atoms with van der Waals surface area (Å²) in [5, 5.41) is 0. The highest BCUT2D eigenvalue weighted by molar-refractivity contribution is 5.96. The highest BCUT2D eigenvalue weighted by atomic mass is 19.4. The molecule has 11 heteroatoms. The zero-order valence-corrected chi connectivity index (χ0v) is 16.9. The van der Waals surface area contributed by atoms with E-state index in [0.717, 1.165) is 0 Å².